The van der Waals surface area contributed by atoms with E-state index in [-0.39, 0.29) is 5.91 Å². The Morgan fingerprint density at radius 1 is 1.35 bits per heavy atom. The number of anilines is 2. The Morgan fingerprint density at radius 2 is 2.12 bits per heavy atom. The molecule has 1 aromatic carbocycles. The average Bonchev–Trinajstić information content (AvgIpc) is 2.79. The van der Waals surface area contributed by atoms with Crippen molar-refractivity contribution in [3.63, 3.8) is 0 Å². The van der Waals surface area contributed by atoms with Gasteiger partial charge in [0, 0.05) is 17.8 Å². The molecule has 0 spiro atoms. The van der Waals surface area contributed by atoms with E-state index in [1.807, 2.05) is 18.2 Å². The van der Waals surface area contributed by atoms with Crippen molar-refractivity contribution in [2.45, 2.75) is 38.5 Å². The van der Waals surface area contributed by atoms with Gasteiger partial charge in [-0.2, -0.15) is 0 Å². The van der Waals surface area contributed by atoms with Crippen molar-refractivity contribution >= 4 is 17.3 Å². The van der Waals surface area contributed by atoms with Crippen LogP contribution in [0.5, 0.6) is 0 Å². The van der Waals surface area contributed by atoms with Crippen LogP contribution in [-0.2, 0) is 4.79 Å². The summed E-state index contributed by atoms with van der Waals surface area (Å²) < 4.78 is 0. The summed E-state index contributed by atoms with van der Waals surface area (Å²) in [5, 5.41) is 2.89. The molecule has 3 nitrogen and oxygen atoms in total. The molecule has 1 saturated carbocycles. The fourth-order valence-electron chi connectivity index (χ4n) is 2.47. The third-order valence-electron chi connectivity index (χ3n) is 3.42. The molecular weight excluding hydrogens is 212 g/mol. The van der Waals surface area contributed by atoms with E-state index in [2.05, 4.69) is 5.32 Å². The largest absolute Gasteiger partial charge is 0.399 e. The van der Waals surface area contributed by atoms with E-state index in [9.17, 15) is 4.79 Å². The van der Waals surface area contributed by atoms with Gasteiger partial charge in [-0.25, -0.2) is 0 Å². The third kappa shape index (κ3) is 3.77. The predicted octanol–water partition coefficient (Wildman–Crippen LogP) is 3.18. The zero-order valence-electron chi connectivity index (χ0n) is 10.1. The van der Waals surface area contributed by atoms with Crippen LogP contribution in [0.2, 0.25) is 0 Å². The molecule has 0 aromatic heterocycles. The first-order valence-electron chi connectivity index (χ1n) is 6.39. The second kappa shape index (κ2) is 5.71. The van der Waals surface area contributed by atoms with Gasteiger partial charge in [-0.1, -0.05) is 31.7 Å². The standard InChI is InChI=1S/C14H20N2O/c15-12-6-3-7-13(10-12)16-14(17)9-8-11-4-1-2-5-11/h3,6-7,10-11H,1-2,4-5,8-9,15H2,(H,16,17). The molecule has 0 aliphatic heterocycles. The summed E-state index contributed by atoms with van der Waals surface area (Å²) in [6.07, 6.45) is 6.91. The van der Waals surface area contributed by atoms with E-state index in [1.165, 1.54) is 25.7 Å². The lowest BCUT2D eigenvalue weighted by Gasteiger charge is -2.09. The molecule has 1 fully saturated rings. The minimum atomic E-state index is 0.0995. The van der Waals surface area contributed by atoms with E-state index in [0.717, 1.165) is 18.0 Å². The van der Waals surface area contributed by atoms with Crippen molar-refractivity contribution < 1.29 is 4.79 Å². The molecule has 0 bridgehead atoms. The van der Waals surface area contributed by atoms with Gasteiger partial charge in [0.25, 0.3) is 0 Å². The van der Waals surface area contributed by atoms with E-state index in [0.29, 0.717) is 12.1 Å². The molecule has 1 aromatic rings. The van der Waals surface area contributed by atoms with Gasteiger partial charge in [-0.15, -0.1) is 0 Å². The van der Waals surface area contributed by atoms with Crippen LogP contribution in [0.3, 0.4) is 0 Å². The van der Waals surface area contributed by atoms with Gasteiger partial charge in [0.1, 0.15) is 0 Å². The lowest BCUT2D eigenvalue weighted by atomic mass is 10.0. The Hall–Kier alpha value is -1.51. The zero-order valence-corrected chi connectivity index (χ0v) is 10.1. The number of carbonyl (C=O) groups excluding carboxylic acids is 1. The molecule has 92 valence electrons. The maximum absolute atomic E-state index is 11.7. The van der Waals surface area contributed by atoms with Crippen molar-refractivity contribution in [2.24, 2.45) is 5.92 Å². The lowest BCUT2D eigenvalue weighted by molar-refractivity contribution is -0.116. The van der Waals surface area contributed by atoms with Crippen molar-refractivity contribution in [3.8, 4) is 0 Å². The highest BCUT2D eigenvalue weighted by molar-refractivity contribution is 5.91. The molecule has 1 amide bonds. The summed E-state index contributed by atoms with van der Waals surface area (Å²) in [7, 11) is 0. The van der Waals surface area contributed by atoms with Crippen LogP contribution >= 0.6 is 0 Å². The maximum atomic E-state index is 11.7. The minimum Gasteiger partial charge on any atom is -0.399 e. The second-order valence-corrected chi connectivity index (χ2v) is 4.86. The summed E-state index contributed by atoms with van der Waals surface area (Å²) in [4.78, 5) is 11.7. The molecule has 1 aliphatic rings. The van der Waals surface area contributed by atoms with Crippen molar-refractivity contribution in [1.29, 1.82) is 0 Å². The van der Waals surface area contributed by atoms with Gasteiger partial charge >= 0.3 is 0 Å². The van der Waals surface area contributed by atoms with Crippen LogP contribution in [0.15, 0.2) is 24.3 Å². The van der Waals surface area contributed by atoms with Crippen LogP contribution in [0, 0.1) is 5.92 Å². The Kier molecular flexibility index (Phi) is 4.02. The number of nitrogen functional groups attached to an aromatic ring is 1. The summed E-state index contributed by atoms with van der Waals surface area (Å²) in [6, 6.07) is 7.31. The van der Waals surface area contributed by atoms with E-state index in [1.54, 1.807) is 6.07 Å². The molecule has 3 N–H and O–H groups in total. The van der Waals surface area contributed by atoms with Crippen LogP contribution in [0.25, 0.3) is 0 Å². The predicted molar refractivity (Wildman–Crippen MR) is 70.7 cm³/mol. The monoisotopic (exact) mass is 232 g/mol. The van der Waals surface area contributed by atoms with Crippen molar-refractivity contribution in [3.05, 3.63) is 24.3 Å². The molecule has 17 heavy (non-hydrogen) atoms. The molecule has 0 heterocycles. The molecule has 0 unspecified atom stereocenters. The molecule has 1 aliphatic carbocycles. The number of nitrogens with two attached hydrogens (primary N) is 1. The number of rotatable bonds is 4. The normalized spacial score (nSPS) is 16.0. The van der Waals surface area contributed by atoms with E-state index >= 15 is 0 Å². The van der Waals surface area contributed by atoms with Gasteiger partial charge in [0.05, 0.1) is 0 Å². The van der Waals surface area contributed by atoms with E-state index < -0.39 is 0 Å². The van der Waals surface area contributed by atoms with Crippen LogP contribution < -0.4 is 11.1 Å². The highest BCUT2D eigenvalue weighted by atomic mass is 16.1. The number of amides is 1. The summed E-state index contributed by atoms with van der Waals surface area (Å²) in [6.45, 7) is 0. The summed E-state index contributed by atoms with van der Waals surface area (Å²) in [5.74, 6) is 0.865. The quantitative estimate of drug-likeness (QED) is 0.783. The highest BCUT2D eigenvalue weighted by Crippen LogP contribution is 2.28. The summed E-state index contributed by atoms with van der Waals surface area (Å²) >= 11 is 0. The van der Waals surface area contributed by atoms with Crippen LogP contribution in [0.4, 0.5) is 11.4 Å². The Morgan fingerprint density at radius 3 is 2.82 bits per heavy atom. The van der Waals surface area contributed by atoms with Gasteiger partial charge < -0.3 is 11.1 Å². The maximum Gasteiger partial charge on any atom is 0.224 e. The SMILES string of the molecule is Nc1cccc(NC(=O)CCC2CCCC2)c1. The number of hydrogen-bond donors (Lipinski definition) is 2. The number of carbonyl (C=O) groups is 1. The molecule has 2 rings (SSSR count). The number of benzene rings is 1. The van der Waals surface area contributed by atoms with Crippen LogP contribution in [0.1, 0.15) is 38.5 Å². The summed E-state index contributed by atoms with van der Waals surface area (Å²) in [5.41, 5.74) is 7.13. The minimum absolute atomic E-state index is 0.0995. The molecule has 0 saturated heterocycles. The van der Waals surface area contributed by atoms with Crippen LogP contribution in [-0.4, -0.2) is 5.91 Å². The number of nitrogens with one attached hydrogen (secondary N) is 1. The first-order chi connectivity index (χ1) is 8.24. The van der Waals surface area contributed by atoms with Gasteiger partial charge in [0.2, 0.25) is 5.91 Å². The van der Waals surface area contributed by atoms with Gasteiger partial charge in [-0.05, 0) is 30.5 Å². The number of hydrogen-bond acceptors (Lipinski definition) is 2. The fraction of sp³-hybridized carbons (Fsp3) is 0.500. The molecule has 0 radical (unpaired) electrons. The molecule has 0 atom stereocenters. The smallest absolute Gasteiger partial charge is 0.224 e. The Balaban J connectivity index is 1.76. The first-order valence-corrected chi connectivity index (χ1v) is 6.39. The third-order valence-corrected chi connectivity index (χ3v) is 3.42. The fourth-order valence-corrected chi connectivity index (χ4v) is 2.47. The average molecular weight is 232 g/mol. The van der Waals surface area contributed by atoms with Gasteiger partial charge in [-0.3, -0.25) is 4.79 Å². The second-order valence-electron chi connectivity index (χ2n) is 4.86. The Bertz CT molecular complexity index is 384. The van der Waals surface area contributed by atoms with Crippen molar-refractivity contribution in [1.82, 2.24) is 0 Å². The first kappa shape index (κ1) is 12.0. The van der Waals surface area contributed by atoms with E-state index in [4.69, 9.17) is 5.73 Å². The van der Waals surface area contributed by atoms with Gasteiger partial charge in [0.15, 0.2) is 0 Å². The zero-order chi connectivity index (χ0) is 12.1. The Labute approximate surface area is 102 Å². The lowest BCUT2D eigenvalue weighted by Crippen LogP contribution is -2.12. The van der Waals surface area contributed by atoms with Crippen molar-refractivity contribution in [2.75, 3.05) is 11.1 Å². The molecular formula is C14H20N2O. The highest BCUT2D eigenvalue weighted by Gasteiger charge is 2.16. The topological polar surface area (TPSA) is 55.1 Å². The molecule has 3 heteroatoms.